The molecule has 2 saturated carbocycles. The molecule has 5 fully saturated rings. The number of likely N-dealkylation sites (tertiary alicyclic amines) is 1. The summed E-state index contributed by atoms with van der Waals surface area (Å²) < 4.78 is 45.7. The molecule has 2 spiro atoms. The van der Waals surface area contributed by atoms with E-state index in [4.69, 9.17) is 0 Å². The maximum Gasteiger partial charge on any atom is 0.244 e. The molecule has 5 N–H and O–H groups in total. The number of fused-ring (bicyclic) bond motifs is 4. The van der Waals surface area contributed by atoms with Gasteiger partial charge in [-0.05, 0) is 112 Å². The lowest BCUT2D eigenvalue weighted by molar-refractivity contribution is -0.142. The van der Waals surface area contributed by atoms with E-state index in [1.54, 1.807) is 11.0 Å². The maximum atomic E-state index is 16.1. The van der Waals surface area contributed by atoms with Crippen molar-refractivity contribution in [1.29, 1.82) is 0 Å². The topological polar surface area (TPSA) is 143 Å². The Kier molecular flexibility index (Phi) is 11.0. The molecule has 4 amide bonds. The zero-order valence-corrected chi connectivity index (χ0v) is 35.2. The average Bonchev–Trinajstić information content (AvgIpc) is 3.88. The van der Waals surface area contributed by atoms with Gasteiger partial charge in [0.15, 0.2) is 11.6 Å². The summed E-state index contributed by atoms with van der Waals surface area (Å²) in [6.45, 7) is 2.19. The van der Waals surface area contributed by atoms with Crippen molar-refractivity contribution in [3.63, 3.8) is 0 Å². The molecule has 0 aromatic heterocycles. The van der Waals surface area contributed by atoms with Gasteiger partial charge in [0, 0.05) is 59.2 Å². The summed E-state index contributed by atoms with van der Waals surface area (Å²) in [5.41, 5.74) is 0.841. The number of benzene rings is 3. The van der Waals surface area contributed by atoms with Crippen LogP contribution in [0.3, 0.4) is 0 Å². The number of piperidine rings is 2. The first kappa shape index (κ1) is 41.9. The van der Waals surface area contributed by atoms with Gasteiger partial charge < -0.3 is 20.6 Å². The van der Waals surface area contributed by atoms with Gasteiger partial charge >= 0.3 is 0 Å². The third kappa shape index (κ3) is 7.06. The van der Waals surface area contributed by atoms with Crippen LogP contribution in [0.1, 0.15) is 123 Å². The quantitative estimate of drug-likeness (QED) is 0.166. The first-order valence-corrected chi connectivity index (χ1v) is 22.8. The minimum atomic E-state index is -1.48. The summed E-state index contributed by atoms with van der Waals surface area (Å²) in [5.74, 6) is 1.90. The highest BCUT2D eigenvalue weighted by Gasteiger charge is 2.72. The van der Waals surface area contributed by atoms with Gasteiger partial charge in [-0.1, -0.05) is 61.4 Å². The zero-order chi connectivity index (χ0) is 43.6. The Morgan fingerprint density at radius 1 is 0.857 bits per heavy atom. The second-order valence-corrected chi connectivity index (χ2v) is 18.8. The van der Waals surface area contributed by atoms with Crippen LogP contribution in [0.2, 0.25) is 0 Å². The van der Waals surface area contributed by atoms with Crippen LogP contribution in [-0.2, 0) is 31.1 Å². The van der Waals surface area contributed by atoms with Crippen LogP contribution in [0.5, 0.6) is 0 Å². The molecule has 63 heavy (non-hydrogen) atoms. The van der Waals surface area contributed by atoms with Crippen LogP contribution in [0.4, 0.5) is 18.9 Å². The molecule has 330 valence electrons. The van der Waals surface area contributed by atoms with Crippen molar-refractivity contribution >= 4 is 29.3 Å². The molecule has 3 aromatic rings. The standard InChI is InChI=1S/C49H53F3N6O5/c50-30-12-17-36-38(26-30)54-47(63)49(36)41(34-8-5-9-37(51)42(34)52)43(56-48(49)22-2-1-3-23-48)45(61)53-31-13-15-32(16-14-31)57-24-20-28(21-25-57)10-11-29-6-4-7-33-35(29)27-58(46(33)62)39-18-19-40(59)55-44(39)60/h4-9,12,17,26,28,31-32,39,41,43,46,56,62H,1-3,13-16,18-25,27H2,(H,53,61)(H,54,63)(H,55,59,60)/t31?,32?,39?,41-,43+,46?,49+/m0/s1. The number of carbonyl (C=O) groups excluding carboxylic acids is 4. The van der Waals surface area contributed by atoms with Crippen molar-refractivity contribution < 1.29 is 37.5 Å². The van der Waals surface area contributed by atoms with E-state index in [2.05, 4.69) is 38.0 Å². The third-order valence-corrected chi connectivity index (χ3v) is 15.6. The average molecular weight is 863 g/mol. The number of imide groups is 1. The Bertz CT molecular complexity index is 2410. The number of rotatable bonds is 5. The number of hydrogen-bond donors (Lipinski definition) is 5. The van der Waals surface area contributed by atoms with Gasteiger partial charge in [0.1, 0.15) is 17.5 Å². The van der Waals surface area contributed by atoms with Gasteiger partial charge in [-0.2, -0.15) is 0 Å². The van der Waals surface area contributed by atoms with Gasteiger partial charge in [0.05, 0.1) is 12.1 Å². The van der Waals surface area contributed by atoms with Crippen LogP contribution in [0.15, 0.2) is 54.6 Å². The molecule has 2 unspecified atom stereocenters. The van der Waals surface area contributed by atoms with Crippen LogP contribution in [0.25, 0.3) is 0 Å². The largest absolute Gasteiger partial charge is 0.374 e. The zero-order valence-electron chi connectivity index (χ0n) is 35.2. The van der Waals surface area contributed by atoms with Gasteiger partial charge in [0.2, 0.25) is 23.6 Å². The van der Waals surface area contributed by atoms with E-state index in [0.717, 1.165) is 93.6 Å². The highest BCUT2D eigenvalue weighted by molar-refractivity contribution is 6.10. The van der Waals surface area contributed by atoms with Crippen LogP contribution >= 0.6 is 0 Å². The Balaban J connectivity index is 0.798. The van der Waals surface area contributed by atoms with E-state index in [-0.39, 0.29) is 41.7 Å². The van der Waals surface area contributed by atoms with Crippen molar-refractivity contribution in [2.45, 2.75) is 137 Å². The number of anilines is 1. The van der Waals surface area contributed by atoms with E-state index in [1.807, 2.05) is 18.2 Å². The molecule has 5 atom stereocenters. The Morgan fingerprint density at radius 2 is 1.60 bits per heavy atom. The minimum absolute atomic E-state index is 0.0443. The molecular weight excluding hydrogens is 810 g/mol. The fourth-order valence-electron chi connectivity index (χ4n) is 12.5. The number of hydrogen-bond acceptors (Lipinski definition) is 8. The van der Waals surface area contributed by atoms with E-state index in [1.165, 1.54) is 24.3 Å². The SMILES string of the molecule is O=C1CCC(N2Cc3c(C#CC4CCN(C5CCC(NC(=O)[C@@H]6NC7(CCCCC7)[C@@]7(C(=O)Nc8cc(F)ccc87)[C@H]6c6cccc(F)c6F)CC5)CC4)cccc3C2O)C(=O)N1. The van der Waals surface area contributed by atoms with Crippen LogP contribution < -0.4 is 21.3 Å². The van der Waals surface area contributed by atoms with Crippen molar-refractivity contribution in [2.75, 3.05) is 18.4 Å². The molecular formula is C49H53F3N6O5. The molecule has 14 heteroatoms. The lowest BCUT2D eigenvalue weighted by atomic mass is 9.55. The smallest absolute Gasteiger partial charge is 0.244 e. The second-order valence-electron chi connectivity index (χ2n) is 18.8. The number of nitrogens with zero attached hydrogens (tertiary/aromatic N) is 2. The summed E-state index contributed by atoms with van der Waals surface area (Å²) >= 11 is 0. The molecule has 10 rings (SSSR count). The number of aliphatic hydroxyl groups excluding tert-OH is 1. The summed E-state index contributed by atoms with van der Waals surface area (Å²) in [6.07, 6.45) is 8.39. The summed E-state index contributed by atoms with van der Waals surface area (Å²) in [7, 11) is 0. The van der Waals surface area contributed by atoms with E-state index < -0.39 is 58.5 Å². The minimum Gasteiger partial charge on any atom is -0.374 e. The first-order chi connectivity index (χ1) is 30.5. The molecule has 2 aliphatic carbocycles. The second kappa shape index (κ2) is 16.5. The van der Waals surface area contributed by atoms with E-state index >= 15 is 8.78 Å². The number of nitrogens with one attached hydrogen (secondary N) is 4. The number of aliphatic hydroxyl groups is 1. The normalized spacial score (nSPS) is 30.7. The number of halogens is 3. The van der Waals surface area contributed by atoms with Crippen molar-refractivity contribution in [3.8, 4) is 11.8 Å². The summed E-state index contributed by atoms with van der Waals surface area (Å²) in [4.78, 5) is 57.8. The predicted molar refractivity (Wildman–Crippen MR) is 227 cm³/mol. The first-order valence-electron chi connectivity index (χ1n) is 22.8. The van der Waals surface area contributed by atoms with Crippen LogP contribution in [-0.4, -0.2) is 81.3 Å². The van der Waals surface area contributed by atoms with Crippen LogP contribution in [0, 0.1) is 35.2 Å². The van der Waals surface area contributed by atoms with Crippen molar-refractivity contribution in [2.24, 2.45) is 5.92 Å². The summed E-state index contributed by atoms with van der Waals surface area (Å²) in [5, 5.41) is 23.3. The maximum absolute atomic E-state index is 16.1. The lowest BCUT2D eigenvalue weighted by Crippen LogP contribution is -2.60. The molecule has 7 aliphatic rings. The van der Waals surface area contributed by atoms with Gasteiger partial charge in [0.25, 0.3) is 0 Å². The molecule has 11 nitrogen and oxygen atoms in total. The number of amides is 4. The number of carbonyl (C=O) groups is 4. The van der Waals surface area contributed by atoms with E-state index in [9.17, 15) is 28.7 Å². The monoisotopic (exact) mass is 862 g/mol. The molecule has 5 heterocycles. The molecule has 0 bridgehead atoms. The Labute approximate surface area is 364 Å². The van der Waals surface area contributed by atoms with Crippen molar-refractivity contribution in [1.82, 2.24) is 25.8 Å². The van der Waals surface area contributed by atoms with E-state index in [0.29, 0.717) is 43.1 Å². The highest BCUT2D eigenvalue weighted by atomic mass is 19.2. The van der Waals surface area contributed by atoms with Gasteiger partial charge in [-0.3, -0.25) is 34.7 Å². The lowest BCUT2D eigenvalue weighted by Gasteiger charge is -2.47. The highest BCUT2D eigenvalue weighted by Crippen LogP contribution is 2.62. The third-order valence-electron chi connectivity index (χ3n) is 15.6. The molecule has 0 radical (unpaired) electrons. The molecule has 5 aliphatic heterocycles. The molecule has 3 aromatic carbocycles. The predicted octanol–water partition coefficient (Wildman–Crippen LogP) is 5.56. The fraction of sp³-hybridized carbons (Fsp3) is 0.510. The fourth-order valence-corrected chi connectivity index (χ4v) is 12.5. The Morgan fingerprint density at radius 3 is 2.37 bits per heavy atom. The Hall–Kier alpha value is -5.07. The van der Waals surface area contributed by atoms with Crippen molar-refractivity contribution in [3.05, 3.63) is 99.9 Å². The van der Waals surface area contributed by atoms with Gasteiger partial charge in [-0.25, -0.2) is 13.2 Å². The summed E-state index contributed by atoms with van der Waals surface area (Å²) in [6, 6.07) is 12.4. The molecule has 3 saturated heterocycles. The van der Waals surface area contributed by atoms with Gasteiger partial charge in [-0.15, -0.1) is 0 Å².